The largest absolute Gasteiger partial charge is 0.490 e. The van der Waals surface area contributed by atoms with Crippen molar-refractivity contribution in [3.63, 3.8) is 0 Å². The van der Waals surface area contributed by atoms with Gasteiger partial charge in [0.05, 0.1) is 22.3 Å². The van der Waals surface area contributed by atoms with Gasteiger partial charge in [0, 0.05) is 70.0 Å². The van der Waals surface area contributed by atoms with Crippen LogP contribution in [0.5, 0.6) is 5.75 Å². The molecule has 56 heavy (non-hydrogen) atoms. The van der Waals surface area contributed by atoms with Crippen LogP contribution >= 0.6 is 11.6 Å². The number of ether oxygens (including phenoxy) is 1. The third kappa shape index (κ3) is 9.54. The average molecular weight is 786 g/mol. The molecule has 0 radical (unpaired) electrons. The number of piperidine rings is 2. The molecule has 4 fully saturated rings. The summed E-state index contributed by atoms with van der Waals surface area (Å²) in [6, 6.07) is 14.4. The second-order valence-corrected chi connectivity index (χ2v) is 15.4. The molecule has 3 aromatic rings. The summed E-state index contributed by atoms with van der Waals surface area (Å²) in [5, 5.41) is 25.9. The molecule has 3 aliphatic heterocycles. The van der Waals surface area contributed by atoms with Crippen molar-refractivity contribution in [2.75, 3.05) is 55.6 Å². The van der Waals surface area contributed by atoms with Gasteiger partial charge in [-0.25, -0.2) is 4.39 Å². The highest BCUT2D eigenvalue weighted by Gasteiger charge is 2.30. The highest BCUT2D eigenvalue weighted by Crippen LogP contribution is 2.28. The van der Waals surface area contributed by atoms with Crippen molar-refractivity contribution in [1.29, 1.82) is 5.26 Å². The number of imide groups is 1. The summed E-state index contributed by atoms with van der Waals surface area (Å²) in [7, 11) is 0. The number of hydrogen-bond acceptors (Lipinski definition) is 11. The maximum absolute atomic E-state index is 15.0. The molecular formula is C40H45ClFN9O5. The molecule has 1 unspecified atom stereocenters. The van der Waals surface area contributed by atoms with E-state index < -0.39 is 23.7 Å². The van der Waals surface area contributed by atoms with Gasteiger partial charge >= 0.3 is 0 Å². The molecule has 1 aromatic heterocycles. The summed E-state index contributed by atoms with van der Waals surface area (Å²) in [4.78, 5) is 55.8. The van der Waals surface area contributed by atoms with Crippen molar-refractivity contribution in [2.24, 2.45) is 5.92 Å². The van der Waals surface area contributed by atoms with Gasteiger partial charge in [-0.05, 0) is 93.3 Å². The van der Waals surface area contributed by atoms with Gasteiger partial charge in [0.25, 0.3) is 11.8 Å². The zero-order valence-electron chi connectivity index (χ0n) is 31.0. The Morgan fingerprint density at radius 1 is 0.875 bits per heavy atom. The Morgan fingerprint density at radius 2 is 1.64 bits per heavy atom. The van der Waals surface area contributed by atoms with E-state index in [1.807, 2.05) is 12.1 Å². The number of aromatic nitrogens is 2. The van der Waals surface area contributed by atoms with E-state index in [9.17, 15) is 19.2 Å². The maximum Gasteiger partial charge on any atom is 0.272 e. The minimum absolute atomic E-state index is 0.0167. The van der Waals surface area contributed by atoms with Crippen LogP contribution in [0.25, 0.3) is 0 Å². The van der Waals surface area contributed by atoms with E-state index in [4.69, 9.17) is 21.6 Å². The first-order valence-corrected chi connectivity index (χ1v) is 19.7. The molecule has 2 aromatic carbocycles. The number of nitriles is 1. The van der Waals surface area contributed by atoms with Gasteiger partial charge in [0.1, 0.15) is 23.7 Å². The van der Waals surface area contributed by atoms with Gasteiger partial charge in [0.15, 0.2) is 11.5 Å². The smallest absolute Gasteiger partial charge is 0.272 e. The summed E-state index contributed by atoms with van der Waals surface area (Å²) < 4.78 is 21.1. The van der Waals surface area contributed by atoms with E-state index in [0.717, 1.165) is 90.2 Å². The lowest BCUT2D eigenvalue weighted by atomic mass is 9.93. The molecule has 16 heteroatoms. The number of halogens is 2. The molecule has 1 aliphatic carbocycles. The second kappa shape index (κ2) is 17.6. The van der Waals surface area contributed by atoms with Crippen LogP contribution in [0, 0.1) is 23.1 Å². The van der Waals surface area contributed by atoms with E-state index in [1.165, 1.54) is 12.1 Å². The van der Waals surface area contributed by atoms with Crippen LogP contribution in [-0.2, 0) is 9.59 Å². The molecule has 0 spiro atoms. The van der Waals surface area contributed by atoms with Crippen LogP contribution < -0.4 is 30.5 Å². The first-order chi connectivity index (χ1) is 27.1. The fourth-order valence-corrected chi connectivity index (χ4v) is 8.11. The molecular weight excluding hydrogens is 741 g/mol. The summed E-state index contributed by atoms with van der Waals surface area (Å²) >= 11 is 6.14. The van der Waals surface area contributed by atoms with Crippen molar-refractivity contribution in [1.82, 2.24) is 31.0 Å². The van der Waals surface area contributed by atoms with E-state index in [2.05, 4.69) is 40.8 Å². The standard InChI is InChI=1S/C40H45ClFN9O5/c41-32-22-30(5-1-26(32)23-43)56-29-6-2-27(3-7-29)44-40(55)35-9-11-36(48-47-35)51-15-13-25(14-16-51)24-49-17-19-50(20-18-49)28-4-8-31(33(42)21-28)38(53)45-34-10-12-37(52)46-39(34)54/h1,4-5,8-9,11,21-22,25,27,29,34H,2-3,6-7,10,12-20,24H2,(H,44,55)(H,45,53)(H,46,52,54)/t27-,29-,34?. The number of piperazine rings is 1. The maximum atomic E-state index is 15.0. The molecule has 1 saturated carbocycles. The van der Waals surface area contributed by atoms with E-state index in [-0.39, 0.29) is 42.4 Å². The van der Waals surface area contributed by atoms with Gasteiger partial charge in [-0.15, -0.1) is 10.2 Å². The molecule has 14 nitrogen and oxygen atoms in total. The number of nitrogens with zero attached hydrogens (tertiary/aromatic N) is 6. The molecule has 4 amide bonds. The van der Waals surface area contributed by atoms with E-state index >= 15 is 4.39 Å². The summed E-state index contributed by atoms with van der Waals surface area (Å²) in [6.07, 6.45) is 5.49. The minimum Gasteiger partial charge on any atom is -0.490 e. The zero-order valence-corrected chi connectivity index (χ0v) is 31.8. The Hall–Kier alpha value is -5.33. The fourth-order valence-electron chi connectivity index (χ4n) is 7.90. The first kappa shape index (κ1) is 38.9. The van der Waals surface area contributed by atoms with Gasteiger partial charge in [-0.3, -0.25) is 29.4 Å². The number of carbonyl (C=O) groups excluding carboxylic acids is 4. The number of anilines is 2. The highest BCUT2D eigenvalue weighted by molar-refractivity contribution is 6.31. The van der Waals surface area contributed by atoms with Crippen LogP contribution in [0.15, 0.2) is 48.5 Å². The summed E-state index contributed by atoms with van der Waals surface area (Å²) in [6.45, 7) is 5.86. The third-order valence-corrected chi connectivity index (χ3v) is 11.5. The fraction of sp³-hybridized carbons (Fsp3) is 0.475. The lowest BCUT2D eigenvalue weighted by molar-refractivity contribution is -0.134. The van der Waals surface area contributed by atoms with Crippen LogP contribution in [0.4, 0.5) is 15.9 Å². The molecule has 4 aliphatic rings. The topological polar surface area (TPSA) is 173 Å². The average Bonchev–Trinajstić information content (AvgIpc) is 3.20. The predicted octanol–water partition coefficient (Wildman–Crippen LogP) is 3.83. The van der Waals surface area contributed by atoms with Gasteiger partial charge in [-0.2, -0.15) is 5.26 Å². The van der Waals surface area contributed by atoms with Crippen molar-refractivity contribution >= 4 is 46.7 Å². The molecule has 4 heterocycles. The third-order valence-electron chi connectivity index (χ3n) is 11.2. The number of carbonyl (C=O) groups is 4. The number of rotatable bonds is 10. The second-order valence-electron chi connectivity index (χ2n) is 15.0. The Balaban J connectivity index is 0.800. The van der Waals surface area contributed by atoms with Crippen LogP contribution in [0.3, 0.4) is 0 Å². The van der Waals surface area contributed by atoms with Gasteiger partial charge in [-0.1, -0.05) is 11.6 Å². The lowest BCUT2D eigenvalue weighted by Gasteiger charge is -2.39. The Labute approximate surface area is 329 Å². The predicted molar refractivity (Wildman–Crippen MR) is 206 cm³/mol. The SMILES string of the molecule is N#Cc1ccc(O[C@H]2CC[C@H](NC(=O)c3ccc(N4CCC(CN5CCN(c6ccc(C(=O)NC7CCC(=O)NC7=O)c(F)c6)CC5)CC4)nn3)CC2)cc1Cl. The number of hydrogen-bond donors (Lipinski definition) is 3. The lowest BCUT2D eigenvalue weighted by Crippen LogP contribution is -2.52. The number of nitrogens with one attached hydrogen (secondary N) is 3. The Bertz CT molecular complexity index is 1970. The molecule has 7 rings (SSSR count). The first-order valence-electron chi connectivity index (χ1n) is 19.3. The van der Waals surface area contributed by atoms with Crippen LogP contribution in [0.2, 0.25) is 5.02 Å². The monoisotopic (exact) mass is 785 g/mol. The summed E-state index contributed by atoms with van der Waals surface area (Å²) in [5.41, 5.74) is 1.28. The Morgan fingerprint density at radius 3 is 2.30 bits per heavy atom. The zero-order chi connectivity index (χ0) is 39.2. The van der Waals surface area contributed by atoms with Crippen molar-refractivity contribution in [3.05, 3.63) is 76.2 Å². The van der Waals surface area contributed by atoms with Gasteiger partial charge in [0.2, 0.25) is 11.8 Å². The molecule has 3 saturated heterocycles. The van der Waals surface area contributed by atoms with Gasteiger partial charge < -0.3 is 25.2 Å². The molecule has 294 valence electrons. The quantitative estimate of drug-likeness (QED) is 0.255. The van der Waals surface area contributed by atoms with Crippen LogP contribution in [-0.4, -0.2) is 103 Å². The van der Waals surface area contributed by atoms with Crippen molar-refractivity contribution in [3.8, 4) is 11.8 Å². The number of benzene rings is 2. The molecule has 3 N–H and O–H groups in total. The van der Waals surface area contributed by atoms with Crippen molar-refractivity contribution in [2.45, 2.75) is 69.6 Å². The number of amides is 4. The summed E-state index contributed by atoms with van der Waals surface area (Å²) in [5.74, 6) is -0.591. The van der Waals surface area contributed by atoms with E-state index in [1.54, 1.807) is 30.3 Å². The minimum atomic E-state index is -0.866. The molecule has 0 bridgehead atoms. The normalized spacial score (nSPS) is 22.2. The highest BCUT2D eigenvalue weighted by atomic mass is 35.5. The molecule has 1 atom stereocenters. The Kier molecular flexibility index (Phi) is 12.3. The van der Waals surface area contributed by atoms with Crippen LogP contribution in [0.1, 0.15) is 77.8 Å². The van der Waals surface area contributed by atoms with E-state index in [0.29, 0.717) is 33.6 Å². The van der Waals surface area contributed by atoms with Crippen molar-refractivity contribution < 1.29 is 28.3 Å².